The third-order valence-electron chi connectivity index (χ3n) is 4.43. The van der Waals surface area contributed by atoms with Crippen LogP contribution in [-0.4, -0.2) is 38.7 Å². The fraction of sp³-hybridized carbons (Fsp3) is 0.625. The van der Waals surface area contributed by atoms with Crippen molar-refractivity contribution in [3.8, 4) is 0 Å². The molecular weight excluding hydrogens is 312 g/mol. The van der Waals surface area contributed by atoms with E-state index in [2.05, 4.69) is 40.3 Å². The average molecular weight is 337 g/mol. The van der Waals surface area contributed by atoms with E-state index >= 15 is 0 Å². The van der Waals surface area contributed by atoms with Gasteiger partial charge in [-0.15, -0.1) is 0 Å². The van der Waals surface area contributed by atoms with Gasteiger partial charge in [0, 0.05) is 57.6 Å². The summed E-state index contributed by atoms with van der Waals surface area (Å²) < 4.78 is 3.61. The first-order valence-corrected chi connectivity index (χ1v) is 8.52. The molecule has 7 heteroatoms. The lowest BCUT2D eigenvalue weighted by molar-refractivity contribution is 0.548. The van der Waals surface area contributed by atoms with Gasteiger partial charge >= 0.3 is 0 Å². The molecule has 2 aromatic rings. The Bertz CT molecular complexity index is 674. The third kappa shape index (κ3) is 3.38. The van der Waals surface area contributed by atoms with E-state index in [0.717, 1.165) is 48.3 Å². The summed E-state index contributed by atoms with van der Waals surface area (Å²) in [5.41, 5.74) is 2.21. The van der Waals surface area contributed by atoms with E-state index in [4.69, 9.17) is 11.6 Å². The highest BCUT2D eigenvalue weighted by Gasteiger charge is 2.25. The number of halogens is 1. The number of anilines is 1. The first kappa shape index (κ1) is 16.3. The van der Waals surface area contributed by atoms with E-state index in [1.807, 2.05) is 25.0 Å². The van der Waals surface area contributed by atoms with Gasteiger partial charge in [-0.2, -0.15) is 10.2 Å². The predicted molar refractivity (Wildman–Crippen MR) is 93.0 cm³/mol. The third-order valence-corrected chi connectivity index (χ3v) is 4.90. The monoisotopic (exact) mass is 336 g/mol. The maximum absolute atomic E-state index is 6.41. The van der Waals surface area contributed by atoms with Crippen LogP contribution in [0.25, 0.3) is 0 Å². The van der Waals surface area contributed by atoms with E-state index < -0.39 is 0 Å². The van der Waals surface area contributed by atoms with Gasteiger partial charge in [-0.05, 0) is 12.3 Å². The fourth-order valence-corrected chi connectivity index (χ4v) is 3.35. The van der Waals surface area contributed by atoms with Crippen molar-refractivity contribution >= 4 is 17.4 Å². The molecule has 0 bridgehead atoms. The molecule has 23 heavy (non-hydrogen) atoms. The van der Waals surface area contributed by atoms with E-state index in [9.17, 15) is 0 Å². The zero-order valence-corrected chi connectivity index (χ0v) is 15.0. The van der Waals surface area contributed by atoms with Crippen molar-refractivity contribution in [2.45, 2.75) is 38.8 Å². The molecule has 3 rings (SSSR count). The van der Waals surface area contributed by atoms with Crippen LogP contribution in [0.5, 0.6) is 0 Å². The van der Waals surface area contributed by atoms with Crippen molar-refractivity contribution in [3.63, 3.8) is 0 Å². The van der Waals surface area contributed by atoms with E-state index in [1.54, 1.807) is 4.68 Å². The molecule has 3 heterocycles. The lowest BCUT2D eigenvalue weighted by Crippen LogP contribution is -2.32. The Morgan fingerprint density at radius 1 is 1.35 bits per heavy atom. The molecular formula is C16H25ClN6. The molecule has 1 fully saturated rings. The topological polar surface area (TPSA) is 50.9 Å². The van der Waals surface area contributed by atoms with Crippen LogP contribution in [0.4, 0.5) is 5.82 Å². The van der Waals surface area contributed by atoms with Crippen LogP contribution >= 0.6 is 11.6 Å². The van der Waals surface area contributed by atoms with Gasteiger partial charge in [0.05, 0.1) is 5.69 Å². The summed E-state index contributed by atoms with van der Waals surface area (Å²) in [5.74, 6) is 1.43. The fourth-order valence-electron chi connectivity index (χ4n) is 3.15. The minimum Gasteiger partial charge on any atom is -0.354 e. The van der Waals surface area contributed by atoms with Crippen molar-refractivity contribution in [2.24, 2.45) is 14.1 Å². The molecule has 0 saturated carbocycles. The number of aromatic nitrogens is 4. The molecule has 1 N–H and O–H groups in total. The Hall–Kier alpha value is -1.53. The molecule has 126 valence electrons. The van der Waals surface area contributed by atoms with Gasteiger partial charge in [0.25, 0.3) is 0 Å². The summed E-state index contributed by atoms with van der Waals surface area (Å²) in [6.07, 6.45) is 3.10. The van der Waals surface area contributed by atoms with Gasteiger partial charge < -0.3 is 10.2 Å². The molecule has 0 amide bonds. The van der Waals surface area contributed by atoms with Crippen LogP contribution in [0, 0.1) is 0 Å². The van der Waals surface area contributed by atoms with E-state index in [0.29, 0.717) is 12.0 Å². The molecule has 6 nitrogen and oxygen atoms in total. The van der Waals surface area contributed by atoms with Crippen molar-refractivity contribution < 1.29 is 0 Å². The molecule has 1 atom stereocenters. The first-order chi connectivity index (χ1) is 11.0. The largest absolute Gasteiger partial charge is 0.354 e. The van der Waals surface area contributed by atoms with Crippen LogP contribution in [0.15, 0.2) is 12.3 Å². The Balaban J connectivity index is 1.62. The van der Waals surface area contributed by atoms with Gasteiger partial charge in [-0.1, -0.05) is 25.4 Å². The number of nitrogens with one attached hydrogen (secondary N) is 1. The molecule has 0 aliphatic carbocycles. The van der Waals surface area contributed by atoms with Gasteiger partial charge in [0.1, 0.15) is 5.15 Å². The lowest BCUT2D eigenvalue weighted by Gasteiger charge is -2.16. The van der Waals surface area contributed by atoms with Gasteiger partial charge in [0.2, 0.25) is 0 Å². The quantitative estimate of drug-likeness (QED) is 0.910. The molecule has 1 aliphatic rings. The molecule has 0 spiro atoms. The van der Waals surface area contributed by atoms with Crippen molar-refractivity contribution in [3.05, 3.63) is 28.7 Å². The zero-order chi connectivity index (χ0) is 16.6. The second-order valence-electron chi connectivity index (χ2n) is 6.59. The average Bonchev–Trinajstić information content (AvgIpc) is 3.19. The van der Waals surface area contributed by atoms with Crippen molar-refractivity contribution in [1.82, 2.24) is 24.9 Å². The van der Waals surface area contributed by atoms with Crippen LogP contribution < -0.4 is 10.2 Å². The number of hydrogen-bond donors (Lipinski definition) is 1. The van der Waals surface area contributed by atoms with Crippen LogP contribution in [0.2, 0.25) is 5.15 Å². The van der Waals surface area contributed by atoms with Crippen molar-refractivity contribution in [1.29, 1.82) is 0 Å². The summed E-state index contributed by atoms with van der Waals surface area (Å²) in [6, 6.07) is 2.52. The summed E-state index contributed by atoms with van der Waals surface area (Å²) in [5, 5.41) is 13.4. The smallest absolute Gasteiger partial charge is 0.150 e. The number of aryl methyl sites for hydroxylation is 2. The highest BCUT2D eigenvalue weighted by atomic mass is 35.5. The molecule has 1 aliphatic heterocycles. The second kappa shape index (κ2) is 6.53. The van der Waals surface area contributed by atoms with Crippen LogP contribution in [0.3, 0.4) is 0 Å². The number of rotatable bonds is 5. The van der Waals surface area contributed by atoms with Gasteiger partial charge in [0.15, 0.2) is 5.82 Å². The number of hydrogen-bond acceptors (Lipinski definition) is 4. The van der Waals surface area contributed by atoms with Gasteiger partial charge in [-0.25, -0.2) is 0 Å². The molecule has 1 unspecified atom stereocenters. The summed E-state index contributed by atoms with van der Waals surface area (Å²) in [7, 11) is 3.85. The van der Waals surface area contributed by atoms with Crippen LogP contribution in [-0.2, 0) is 20.6 Å². The molecule has 0 aromatic carbocycles. The first-order valence-electron chi connectivity index (χ1n) is 8.15. The summed E-state index contributed by atoms with van der Waals surface area (Å²) in [6.45, 7) is 7.08. The Morgan fingerprint density at radius 3 is 2.78 bits per heavy atom. The van der Waals surface area contributed by atoms with Gasteiger partial charge in [-0.3, -0.25) is 9.36 Å². The Labute approximate surface area is 142 Å². The molecule has 1 saturated heterocycles. The molecule has 0 radical (unpaired) electrons. The zero-order valence-electron chi connectivity index (χ0n) is 14.3. The maximum atomic E-state index is 6.41. The minimum atomic E-state index is 0.374. The highest BCUT2D eigenvalue weighted by molar-refractivity contribution is 6.30. The normalized spacial score (nSPS) is 18.3. The molecule has 2 aromatic heterocycles. The summed E-state index contributed by atoms with van der Waals surface area (Å²) in [4.78, 5) is 2.33. The highest BCUT2D eigenvalue weighted by Crippen LogP contribution is 2.26. The maximum Gasteiger partial charge on any atom is 0.150 e. The summed E-state index contributed by atoms with van der Waals surface area (Å²) >= 11 is 6.41. The van der Waals surface area contributed by atoms with E-state index in [1.165, 1.54) is 0 Å². The van der Waals surface area contributed by atoms with E-state index in [-0.39, 0.29) is 0 Å². The standard InChI is InChI=1S/C16H25ClN6/c1-11(2)15-13(16(17)22(4)20-15)9-18-12-5-8-23(10-12)14-6-7-21(3)19-14/h6-7,11-12,18H,5,8-10H2,1-4H3. The lowest BCUT2D eigenvalue weighted by atomic mass is 10.1. The number of nitrogens with zero attached hydrogens (tertiary/aromatic N) is 5. The minimum absolute atomic E-state index is 0.374. The van der Waals surface area contributed by atoms with Crippen LogP contribution in [0.1, 0.15) is 37.4 Å². The second-order valence-corrected chi connectivity index (χ2v) is 6.95. The Morgan fingerprint density at radius 2 is 2.13 bits per heavy atom. The SMILES string of the molecule is CC(C)c1nn(C)c(Cl)c1CNC1CCN(c2ccn(C)n2)C1. The Kier molecular flexibility index (Phi) is 4.64. The predicted octanol–water partition coefficient (Wildman–Crippen LogP) is 2.30. The van der Waals surface area contributed by atoms with Crippen molar-refractivity contribution in [2.75, 3.05) is 18.0 Å².